The number of urea groups is 1. The third-order valence-corrected chi connectivity index (χ3v) is 2.09. The van der Waals surface area contributed by atoms with E-state index in [4.69, 9.17) is 5.11 Å². The Morgan fingerprint density at radius 1 is 1.62 bits per heavy atom. The van der Waals surface area contributed by atoms with Crippen LogP contribution >= 0.6 is 0 Å². The van der Waals surface area contributed by atoms with E-state index in [0.29, 0.717) is 12.1 Å². The van der Waals surface area contributed by atoms with E-state index in [9.17, 15) is 4.79 Å². The van der Waals surface area contributed by atoms with Gasteiger partial charge in [0.1, 0.15) is 0 Å². The van der Waals surface area contributed by atoms with E-state index in [-0.39, 0.29) is 18.7 Å². The first-order valence-corrected chi connectivity index (χ1v) is 5.23. The third kappa shape index (κ3) is 4.27. The van der Waals surface area contributed by atoms with Gasteiger partial charge in [-0.15, -0.1) is 0 Å². The summed E-state index contributed by atoms with van der Waals surface area (Å²) in [6.07, 6.45) is 2.19. The summed E-state index contributed by atoms with van der Waals surface area (Å²) in [6.45, 7) is 3.76. The highest BCUT2D eigenvalue weighted by molar-refractivity contribution is 5.89. The van der Waals surface area contributed by atoms with Gasteiger partial charge in [-0.05, 0) is 32.4 Å². The SMILES string of the molecule is Cc1cc(NC(=O)N[C@H](C)CCO)ccn1. The number of nitrogens with one attached hydrogen (secondary N) is 2. The van der Waals surface area contributed by atoms with Gasteiger partial charge in [-0.1, -0.05) is 0 Å². The molecule has 16 heavy (non-hydrogen) atoms. The molecule has 1 atom stereocenters. The fourth-order valence-corrected chi connectivity index (χ4v) is 1.28. The topological polar surface area (TPSA) is 74.2 Å². The second kappa shape index (κ2) is 6.07. The first-order valence-electron chi connectivity index (χ1n) is 5.23. The summed E-state index contributed by atoms with van der Waals surface area (Å²) in [5, 5.41) is 14.1. The van der Waals surface area contributed by atoms with E-state index in [0.717, 1.165) is 5.69 Å². The van der Waals surface area contributed by atoms with Gasteiger partial charge in [0.15, 0.2) is 0 Å². The maximum absolute atomic E-state index is 11.5. The average Bonchev–Trinajstić information content (AvgIpc) is 2.17. The van der Waals surface area contributed by atoms with E-state index < -0.39 is 0 Å². The third-order valence-electron chi connectivity index (χ3n) is 2.09. The maximum atomic E-state index is 11.5. The van der Waals surface area contributed by atoms with Crippen LogP contribution in [0, 0.1) is 6.92 Å². The van der Waals surface area contributed by atoms with Crippen molar-refractivity contribution < 1.29 is 9.90 Å². The predicted octanol–water partition coefficient (Wildman–Crippen LogP) is 1.28. The molecule has 0 radical (unpaired) electrons. The van der Waals surface area contributed by atoms with E-state index in [2.05, 4.69) is 15.6 Å². The summed E-state index contributed by atoms with van der Waals surface area (Å²) < 4.78 is 0. The summed E-state index contributed by atoms with van der Waals surface area (Å²) >= 11 is 0. The summed E-state index contributed by atoms with van der Waals surface area (Å²) in [6, 6.07) is 3.19. The van der Waals surface area contributed by atoms with Crippen molar-refractivity contribution in [1.29, 1.82) is 0 Å². The van der Waals surface area contributed by atoms with Gasteiger partial charge in [-0.3, -0.25) is 4.98 Å². The number of aryl methyl sites for hydroxylation is 1. The summed E-state index contributed by atoms with van der Waals surface area (Å²) in [7, 11) is 0. The molecule has 0 aliphatic rings. The molecule has 0 unspecified atom stereocenters. The standard InChI is InChI=1S/C11H17N3O2/c1-8(4-6-15)13-11(16)14-10-3-5-12-9(2)7-10/h3,5,7-8,15H,4,6H2,1-2H3,(H2,12,13,14,16)/t8-/m1/s1. The van der Waals surface area contributed by atoms with Crippen LogP contribution in [0.25, 0.3) is 0 Å². The van der Waals surface area contributed by atoms with Gasteiger partial charge < -0.3 is 15.7 Å². The normalized spacial score (nSPS) is 11.9. The fourth-order valence-electron chi connectivity index (χ4n) is 1.28. The van der Waals surface area contributed by atoms with Crippen molar-refractivity contribution in [3.05, 3.63) is 24.0 Å². The van der Waals surface area contributed by atoms with Crippen LogP contribution in [0.5, 0.6) is 0 Å². The van der Waals surface area contributed by atoms with Crippen LogP contribution in [0.4, 0.5) is 10.5 Å². The van der Waals surface area contributed by atoms with Gasteiger partial charge in [-0.25, -0.2) is 4.79 Å². The lowest BCUT2D eigenvalue weighted by Crippen LogP contribution is -2.36. The molecule has 0 saturated heterocycles. The Labute approximate surface area is 94.9 Å². The van der Waals surface area contributed by atoms with Gasteiger partial charge in [0.2, 0.25) is 0 Å². The first kappa shape index (κ1) is 12.4. The number of hydrogen-bond acceptors (Lipinski definition) is 3. The molecule has 0 aromatic carbocycles. The quantitative estimate of drug-likeness (QED) is 0.720. The lowest BCUT2D eigenvalue weighted by atomic mass is 10.2. The highest BCUT2D eigenvalue weighted by Gasteiger charge is 2.06. The Morgan fingerprint density at radius 2 is 2.38 bits per heavy atom. The molecule has 3 N–H and O–H groups in total. The minimum Gasteiger partial charge on any atom is -0.396 e. The second-order valence-corrected chi connectivity index (χ2v) is 3.70. The van der Waals surface area contributed by atoms with E-state index in [1.54, 1.807) is 18.3 Å². The minimum atomic E-state index is -0.272. The van der Waals surface area contributed by atoms with Crippen molar-refractivity contribution >= 4 is 11.7 Å². The van der Waals surface area contributed by atoms with Gasteiger partial charge in [0.05, 0.1) is 0 Å². The number of aromatic nitrogens is 1. The zero-order chi connectivity index (χ0) is 12.0. The zero-order valence-electron chi connectivity index (χ0n) is 9.53. The van der Waals surface area contributed by atoms with E-state index >= 15 is 0 Å². The molecule has 2 amide bonds. The molecule has 0 aliphatic carbocycles. The number of aliphatic hydroxyl groups is 1. The van der Waals surface area contributed by atoms with Crippen molar-refractivity contribution in [2.24, 2.45) is 0 Å². The molecule has 1 heterocycles. The molecule has 1 aromatic heterocycles. The number of nitrogens with zero attached hydrogens (tertiary/aromatic N) is 1. The van der Waals surface area contributed by atoms with Gasteiger partial charge >= 0.3 is 6.03 Å². The molecule has 88 valence electrons. The maximum Gasteiger partial charge on any atom is 0.319 e. The molecule has 1 rings (SSSR count). The highest BCUT2D eigenvalue weighted by atomic mass is 16.3. The fraction of sp³-hybridized carbons (Fsp3) is 0.455. The van der Waals surface area contributed by atoms with E-state index in [1.165, 1.54) is 0 Å². The Hall–Kier alpha value is -1.62. The molecule has 0 spiro atoms. The molecular weight excluding hydrogens is 206 g/mol. The lowest BCUT2D eigenvalue weighted by Gasteiger charge is -2.13. The lowest BCUT2D eigenvalue weighted by molar-refractivity contribution is 0.241. The molecule has 5 nitrogen and oxygen atoms in total. The van der Waals surface area contributed by atoms with Crippen LogP contribution < -0.4 is 10.6 Å². The number of carbonyl (C=O) groups is 1. The summed E-state index contributed by atoms with van der Waals surface area (Å²) in [5.41, 5.74) is 1.56. The van der Waals surface area contributed by atoms with Crippen molar-refractivity contribution in [3.8, 4) is 0 Å². The molecular formula is C11H17N3O2. The number of amides is 2. The highest BCUT2D eigenvalue weighted by Crippen LogP contribution is 2.06. The van der Waals surface area contributed by atoms with Crippen LogP contribution in [0.1, 0.15) is 19.0 Å². The van der Waals surface area contributed by atoms with Crippen LogP contribution in [0.3, 0.4) is 0 Å². The molecule has 0 aliphatic heterocycles. The number of carbonyl (C=O) groups excluding carboxylic acids is 1. The average molecular weight is 223 g/mol. The molecule has 0 bridgehead atoms. The van der Waals surface area contributed by atoms with Crippen LogP contribution in [-0.4, -0.2) is 28.8 Å². The van der Waals surface area contributed by atoms with E-state index in [1.807, 2.05) is 13.8 Å². The van der Waals surface area contributed by atoms with Crippen molar-refractivity contribution in [2.45, 2.75) is 26.3 Å². The summed E-state index contributed by atoms with van der Waals surface area (Å²) in [4.78, 5) is 15.5. The van der Waals surface area contributed by atoms with Crippen molar-refractivity contribution in [3.63, 3.8) is 0 Å². The number of hydrogen-bond donors (Lipinski definition) is 3. The monoisotopic (exact) mass is 223 g/mol. The first-order chi connectivity index (χ1) is 7.61. The summed E-state index contributed by atoms with van der Waals surface area (Å²) in [5.74, 6) is 0. The van der Waals surface area contributed by atoms with Crippen LogP contribution in [0.2, 0.25) is 0 Å². The largest absolute Gasteiger partial charge is 0.396 e. The zero-order valence-corrected chi connectivity index (χ0v) is 9.53. The van der Waals surface area contributed by atoms with Crippen LogP contribution in [0.15, 0.2) is 18.3 Å². The molecule has 0 fully saturated rings. The van der Waals surface area contributed by atoms with Crippen molar-refractivity contribution in [1.82, 2.24) is 10.3 Å². The Morgan fingerprint density at radius 3 is 3.00 bits per heavy atom. The Kier molecular flexibility index (Phi) is 4.72. The number of aliphatic hydroxyl groups excluding tert-OH is 1. The van der Waals surface area contributed by atoms with Crippen molar-refractivity contribution in [2.75, 3.05) is 11.9 Å². The number of anilines is 1. The minimum absolute atomic E-state index is 0.0482. The van der Waals surface area contributed by atoms with Gasteiger partial charge in [0.25, 0.3) is 0 Å². The molecule has 1 aromatic rings. The van der Waals surface area contributed by atoms with Gasteiger partial charge in [-0.2, -0.15) is 0 Å². The van der Waals surface area contributed by atoms with Gasteiger partial charge in [0, 0.05) is 30.2 Å². The molecule has 5 heteroatoms. The Balaban J connectivity index is 2.45. The predicted molar refractivity (Wildman–Crippen MR) is 62.3 cm³/mol. The molecule has 0 saturated carbocycles. The van der Waals surface area contributed by atoms with Crippen LogP contribution in [-0.2, 0) is 0 Å². The Bertz CT molecular complexity index is 355. The smallest absolute Gasteiger partial charge is 0.319 e. The number of pyridine rings is 1. The number of rotatable bonds is 4. The second-order valence-electron chi connectivity index (χ2n) is 3.70.